The Labute approximate surface area is 139 Å². The molecule has 1 N–H and O–H groups in total. The molecule has 3 rings (SSSR count). The highest BCUT2D eigenvalue weighted by Crippen LogP contribution is 2.15. The van der Waals surface area contributed by atoms with Crippen molar-refractivity contribution in [1.82, 2.24) is 15.1 Å². The Morgan fingerprint density at radius 1 is 1.13 bits per heavy atom. The fourth-order valence-electron chi connectivity index (χ4n) is 3.48. The summed E-state index contributed by atoms with van der Waals surface area (Å²) in [6, 6.07) is 10.9. The summed E-state index contributed by atoms with van der Waals surface area (Å²) in [5.41, 5.74) is 1.30. The molecule has 0 aromatic heterocycles. The summed E-state index contributed by atoms with van der Waals surface area (Å²) < 4.78 is 0. The van der Waals surface area contributed by atoms with E-state index in [9.17, 15) is 4.79 Å². The van der Waals surface area contributed by atoms with Crippen LogP contribution in [0.1, 0.15) is 13.3 Å². The number of rotatable bonds is 4. The van der Waals surface area contributed by atoms with Gasteiger partial charge in [0.25, 0.3) is 0 Å². The van der Waals surface area contributed by atoms with Gasteiger partial charge in [-0.15, -0.1) is 0 Å². The summed E-state index contributed by atoms with van der Waals surface area (Å²) in [6.45, 7) is 9.87. The standard InChI is InChI=1S/C18H28N4O/c1-16-15-19-8-10-22(16)18(23)7-9-20-11-13-21(14-12-20)17-5-3-2-4-6-17/h2-6,16,19H,7-15H2,1H3/t16-/m0/s1. The van der Waals surface area contributed by atoms with Gasteiger partial charge < -0.3 is 15.1 Å². The van der Waals surface area contributed by atoms with Crippen LogP contribution >= 0.6 is 0 Å². The van der Waals surface area contributed by atoms with Gasteiger partial charge in [0.05, 0.1) is 0 Å². The first-order valence-corrected chi connectivity index (χ1v) is 8.76. The molecule has 2 fully saturated rings. The molecule has 0 aliphatic carbocycles. The van der Waals surface area contributed by atoms with E-state index in [1.165, 1.54) is 5.69 Å². The summed E-state index contributed by atoms with van der Waals surface area (Å²) in [6.07, 6.45) is 0.648. The van der Waals surface area contributed by atoms with Gasteiger partial charge in [0.1, 0.15) is 0 Å². The van der Waals surface area contributed by atoms with Crippen molar-refractivity contribution < 1.29 is 4.79 Å². The molecule has 2 heterocycles. The van der Waals surface area contributed by atoms with Crippen molar-refractivity contribution in [2.24, 2.45) is 0 Å². The maximum atomic E-state index is 12.4. The second kappa shape index (κ2) is 7.79. The maximum absolute atomic E-state index is 12.4. The largest absolute Gasteiger partial charge is 0.369 e. The van der Waals surface area contributed by atoms with E-state index < -0.39 is 0 Å². The van der Waals surface area contributed by atoms with Crippen LogP contribution in [-0.2, 0) is 4.79 Å². The third kappa shape index (κ3) is 4.24. The molecule has 2 aliphatic heterocycles. The van der Waals surface area contributed by atoms with Gasteiger partial charge in [0, 0.05) is 70.5 Å². The number of amides is 1. The third-order valence-corrected chi connectivity index (χ3v) is 4.96. The lowest BCUT2D eigenvalue weighted by molar-refractivity contribution is -0.134. The molecule has 1 atom stereocenters. The van der Waals surface area contributed by atoms with E-state index in [-0.39, 0.29) is 0 Å². The van der Waals surface area contributed by atoms with Crippen LogP contribution in [0, 0.1) is 0 Å². The van der Waals surface area contributed by atoms with E-state index >= 15 is 0 Å². The number of carbonyl (C=O) groups excluding carboxylic acids is 1. The lowest BCUT2D eigenvalue weighted by Crippen LogP contribution is -2.53. The Balaban J connectivity index is 1.41. The SMILES string of the molecule is C[C@H]1CNCCN1C(=O)CCN1CCN(c2ccccc2)CC1. The van der Waals surface area contributed by atoms with Gasteiger partial charge in [-0.25, -0.2) is 0 Å². The molecule has 2 saturated heterocycles. The van der Waals surface area contributed by atoms with Gasteiger partial charge >= 0.3 is 0 Å². The Morgan fingerprint density at radius 3 is 2.57 bits per heavy atom. The molecule has 1 amide bonds. The number of piperazine rings is 2. The highest BCUT2D eigenvalue weighted by atomic mass is 16.2. The van der Waals surface area contributed by atoms with Crippen LogP contribution in [0.15, 0.2) is 30.3 Å². The normalized spacial score (nSPS) is 23.1. The first-order chi connectivity index (χ1) is 11.2. The Bertz CT molecular complexity index is 499. The number of carbonyl (C=O) groups is 1. The van der Waals surface area contributed by atoms with Crippen molar-refractivity contribution in [3.8, 4) is 0 Å². The molecular weight excluding hydrogens is 288 g/mol. The highest BCUT2D eigenvalue weighted by molar-refractivity contribution is 5.76. The summed E-state index contributed by atoms with van der Waals surface area (Å²) in [4.78, 5) is 19.3. The molecule has 1 aromatic carbocycles. The predicted molar refractivity (Wildman–Crippen MR) is 93.8 cm³/mol. The topological polar surface area (TPSA) is 38.8 Å². The van der Waals surface area contributed by atoms with E-state index in [1.807, 2.05) is 4.90 Å². The number of hydrogen-bond donors (Lipinski definition) is 1. The first-order valence-electron chi connectivity index (χ1n) is 8.76. The average Bonchev–Trinajstić information content (AvgIpc) is 2.61. The minimum Gasteiger partial charge on any atom is -0.369 e. The molecule has 5 nitrogen and oxygen atoms in total. The number of nitrogens with one attached hydrogen (secondary N) is 1. The van der Waals surface area contributed by atoms with Crippen LogP contribution in [-0.4, -0.2) is 74.1 Å². The fraction of sp³-hybridized carbons (Fsp3) is 0.611. The van der Waals surface area contributed by atoms with Crippen LogP contribution in [0.2, 0.25) is 0 Å². The number of anilines is 1. The third-order valence-electron chi connectivity index (χ3n) is 4.96. The van der Waals surface area contributed by atoms with Crippen LogP contribution < -0.4 is 10.2 Å². The molecule has 1 aromatic rings. The Hall–Kier alpha value is -1.59. The molecule has 23 heavy (non-hydrogen) atoms. The van der Waals surface area contributed by atoms with Gasteiger partial charge in [0.2, 0.25) is 5.91 Å². The monoisotopic (exact) mass is 316 g/mol. The van der Waals surface area contributed by atoms with Crippen LogP contribution in [0.4, 0.5) is 5.69 Å². The summed E-state index contributed by atoms with van der Waals surface area (Å²) in [5, 5.41) is 3.34. The van der Waals surface area contributed by atoms with Crippen LogP contribution in [0.25, 0.3) is 0 Å². The highest BCUT2D eigenvalue weighted by Gasteiger charge is 2.24. The van der Waals surface area contributed by atoms with Crippen molar-refractivity contribution in [1.29, 1.82) is 0 Å². The number of para-hydroxylation sites is 1. The summed E-state index contributed by atoms with van der Waals surface area (Å²) >= 11 is 0. The molecule has 5 heteroatoms. The van der Waals surface area contributed by atoms with Gasteiger partial charge in [-0.05, 0) is 19.1 Å². The lowest BCUT2D eigenvalue weighted by Gasteiger charge is -2.37. The van der Waals surface area contributed by atoms with Crippen LogP contribution in [0.5, 0.6) is 0 Å². The zero-order chi connectivity index (χ0) is 16.1. The molecule has 2 aliphatic rings. The van der Waals surface area contributed by atoms with Crippen molar-refractivity contribution in [3.05, 3.63) is 30.3 Å². The number of hydrogen-bond acceptors (Lipinski definition) is 4. The second-order valence-electron chi connectivity index (χ2n) is 6.55. The molecule has 0 spiro atoms. The van der Waals surface area contributed by atoms with E-state index in [2.05, 4.69) is 52.4 Å². The van der Waals surface area contributed by atoms with Gasteiger partial charge in [-0.3, -0.25) is 9.69 Å². The average molecular weight is 316 g/mol. The maximum Gasteiger partial charge on any atom is 0.224 e. The molecule has 126 valence electrons. The van der Waals surface area contributed by atoms with Crippen LogP contribution in [0.3, 0.4) is 0 Å². The van der Waals surface area contributed by atoms with Crippen molar-refractivity contribution in [2.75, 3.05) is 57.3 Å². The summed E-state index contributed by atoms with van der Waals surface area (Å²) in [5.74, 6) is 0.310. The lowest BCUT2D eigenvalue weighted by atomic mass is 10.2. The van der Waals surface area contributed by atoms with Gasteiger partial charge in [-0.1, -0.05) is 18.2 Å². The molecule has 0 bridgehead atoms. The smallest absolute Gasteiger partial charge is 0.224 e. The Morgan fingerprint density at radius 2 is 1.87 bits per heavy atom. The summed E-state index contributed by atoms with van der Waals surface area (Å²) in [7, 11) is 0. The molecule has 0 saturated carbocycles. The Kier molecular flexibility index (Phi) is 5.51. The zero-order valence-corrected chi connectivity index (χ0v) is 14.1. The van der Waals surface area contributed by atoms with E-state index in [4.69, 9.17) is 0 Å². The van der Waals surface area contributed by atoms with Crippen molar-refractivity contribution >= 4 is 11.6 Å². The predicted octanol–water partition coefficient (Wildman–Crippen LogP) is 1.02. The zero-order valence-electron chi connectivity index (χ0n) is 14.1. The molecular formula is C18H28N4O. The van der Waals surface area contributed by atoms with Gasteiger partial charge in [-0.2, -0.15) is 0 Å². The van der Waals surface area contributed by atoms with Gasteiger partial charge in [0.15, 0.2) is 0 Å². The van der Waals surface area contributed by atoms with Crippen molar-refractivity contribution in [3.63, 3.8) is 0 Å². The fourth-order valence-corrected chi connectivity index (χ4v) is 3.48. The van der Waals surface area contributed by atoms with E-state index in [1.54, 1.807) is 0 Å². The second-order valence-corrected chi connectivity index (χ2v) is 6.55. The molecule has 0 radical (unpaired) electrons. The number of benzene rings is 1. The first kappa shape index (κ1) is 16.3. The van der Waals surface area contributed by atoms with Crippen molar-refractivity contribution in [2.45, 2.75) is 19.4 Å². The minimum atomic E-state index is 0.310. The van der Waals surface area contributed by atoms with E-state index in [0.717, 1.165) is 52.4 Å². The minimum absolute atomic E-state index is 0.310. The quantitative estimate of drug-likeness (QED) is 0.900. The molecule has 0 unspecified atom stereocenters. The van der Waals surface area contributed by atoms with E-state index in [0.29, 0.717) is 18.4 Å². The number of nitrogens with zero attached hydrogens (tertiary/aromatic N) is 3.